The highest BCUT2D eigenvalue weighted by molar-refractivity contribution is 7.92. The first-order valence-electron chi connectivity index (χ1n) is 13.2. The molecule has 1 aliphatic heterocycles. The maximum Gasteiger partial charge on any atom is 0.231 e. The molecule has 2 fully saturated rings. The number of rotatable bonds is 11. The Morgan fingerprint density at radius 2 is 1.71 bits per heavy atom. The van der Waals surface area contributed by atoms with Gasteiger partial charge in [-0.15, -0.1) is 0 Å². The van der Waals surface area contributed by atoms with Gasteiger partial charge in [0.2, 0.25) is 15.9 Å². The second-order valence-corrected chi connectivity index (χ2v) is 12.2. The molecule has 8 heteroatoms. The average molecular weight is 534 g/mol. The van der Waals surface area contributed by atoms with Gasteiger partial charge in [0, 0.05) is 12.2 Å². The van der Waals surface area contributed by atoms with Gasteiger partial charge in [-0.2, -0.15) is 0 Å². The van der Waals surface area contributed by atoms with Gasteiger partial charge in [0.1, 0.15) is 12.4 Å². The first-order chi connectivity index (χ1) is 18.3. The van der Waals surface area contributed by atoms with Crippen LogP contribution in [-0.4, -0.2) is 45.1 Å². The minimum absolute atomic E-state index is 0.0196. The van der Waals surface area contributed by atoms with Crippen molar-refractivity contribution in [2.75, 3.05) is 30.6 Å². The van der Waals surface area contributed by atoms with Crippen molar-refractivity contribution in [2.24, 2.45) is 0 Å². The number of benzene rings is 3. The Kier molecular flexibility index (Phi) is 7.72. The maximum atomic E-state index is 13.8. The fourth-order valence-electron chi connectivity index (χ4n) is 5.18. The zero-order valence-corrected chi connectivity index (χ0v) is 22.5. The van der Waals surface area contributed by atoms with Crippen molar-refractivity contribution in [2.45, 2.75) is 43.7 Å². The predicted octanol–water partition coefficient (Wildman–Crippen LogP) is 4.62. The van der Waals surface area contributed by atoms with E-state index in [-0.39, 0.29) is 11.9 Å². The summed E-state index contributed by atoms with van der Waals surface area (Å²) >= 11 is 0. The third-order valence-electron chi connectivity index (χ3n) is 7.36. The van der Waals surface area contributed by atoms with Gasteiger partial charge in [0.05, 0.1) is 17.7 Å². The Morgan fingerprint density at radius 3 is 2.42 bits per heavy atom. The highest BCUT2D eigenvalue weighted by Gasteiger charge is 2.51. The van der Waals surface area contributed by atoms with Crippen molar-refractivity contribution in [3.8, 4) is 5.75 Å². The van der Waals surface area contributed by atoms with Crippen molar-refractivity contribution >= 4 is 21.6 Å². The highest BCUT2D eigenvalue weighted by Crippen LogP contribution is 2.49. The molecule has 5 rings (SSSR count). The summed E-state index contributed by atoms with van der Waals surface area (Å²) in [5.41, 5.74) is 2.78. The lowest BCUT2D eigenvalue weighted by Crippen LogP contribution is -2.42. The molecule has 1 atom stereocenters. The molecular formula is C30H35N3O4S. The monoisotopic (exact) mass is 533 g/mol. The number of carbonyl (C=O) groups excluding carboxylic acids is 1. The first-order valence-corrected chi connectivity index (χ1v) is 15.1. The normalized spacial score (nSPS) is 17.5. The lowest BCUT2D eigenvalue weighted by Gasteiger charge is -2.27. The van der Waals surface area contributed by atoms with Crippen molar-refractivity contribution in [1.82, 2.24) is 10.2 Å². The quantitative estimate of drug-likeness (QED) is 0.376. The van der Waals surface area contributed by atoms with Crippen molar-refractivity contribution in [3.63, 3.8) is 0 Å². The molecule has 2 aliphatic rings. The lowest BCUT2D eigenvalue weighted by atomic mass is 9.93. The zero-order chi connectivity index (χ0) is 26.6. The summed E-state index contributed by atoms with van der Waals surface area (Å²) < 4.78 is 32.1. The Labute approximate surface area is 225 Å². The Hall–Kier alpha value is -3.36. The van der Waals surface area contributed by atoms with Crippen LogP contribution in [0.5, 0.6) is 5.75 Å². The molecule has 38 heavy (non-hydrogen) atoms. The van der Waals surface area contributed by atoms with Gasteiger partial charge in [-0.25, -0.2) is 8.42 Å². The summed E-state index contributed by atoms with van der Waals surface area (Å²) in [4.78, 5) is 16.2. The number of nitrogens with one attached hydrogen (secondary N) is 2. The minimum atomic E-state index is -3.40. The van der Waals surface area contributed by atoms with E-state index in [2.05, 4.69) is 14.9 Å². The fourth-order valence-corrected chi connectivity index (χ4v) is 5.74. The molecule has 0 radical (unpaired) electrons. The summed E-state index contributed by atoms with van der Waals surface area (Å²) in [7, 11) is -3.40. The molecule has 1 heterocycles. The number of hydrogen-bond donors (Lipinski definition) is 2. The topological polar surface area (TPSA) is 87.7 Å². The molecule has 1 saturated heterocycles. The molecule has 0 bridgehead atoms. The Morgan fingerprint density at radius 1 is 0.974 bits per heavy atom. The number of likely N-dealkylation sites (tertiary alicyclic amines) is 1. The van der Waals surface area contributed by atoms with Crippen LogP contribution in [0.15, 0.2) is 78.9 Å². The smallest absolute Gasteiger partial charge is 0.231 e. The van der Waals surface area contributed by atoms with Gasteiger partial charge in [0.25, 0.3) is 0 Å². The van der Waals surface area contributed by atoms with Crippen LogP contribution in [0.1, 0.15) is 48.4 Å². The lowest BCUT2D eigenvalue weighted by molar-refractivity contribution is -0.124. The molecule has 0 spiro atoms. The van der Waals surface area contributed by atoms with E-state index in [1.54, 1.807) is 18.2 Å². The van der Waals surface area contributed by atoms with Crippen LogP contribution in [0.4, 0.5) is 5.69 Å². The minimum Gasteiger partial charge on any atom is -0.489 e. The van der Waals surface area contributed by atoms with Crippen LogP contribution in [0.3, 0.4) is 0 Å². The molecule has 1 saturated carbocycles. The molecule has 1 aliphatic carbocycles. The van der Waals surface area contributed by atoms with E-state index in [4.69, 9.17) is 4.74 Å². The van der Waals surface area contributed by atoms with Gasteiger partial charge in [-0.05, 0) is 79.7 Å². The van der Waals surface area contributed by atoms with Crippen LogP contribution in [0, 0.1) is 0 Å². The van der Waals surface area contributed by atoms with Crippen molar-refractivity contribution in [1.29, 1.82) is 0 Å². The average Bonchev–Trinajstić information content (AvgIpc) is 3.57. The number of anilines is 1. The number of carbonyl (C=O) groups is 1. The fraction of sp³-hybridized carbons (Fsp3) is 0.367. The molecule has 0 aromatic heterocycles. The van der Waals surface area contributed by atoms with Crippen LogP contribution in [0.25, 0.3) is 0 Å². The van der Waals surface area contributed by atoms with Crippen LogP contribution < -0.4 is 14.8 Å². The Balaban J connectivity index is 1.34. The molecule has 200 valence electrons. The van der Waals surface area contributed by atoms with Gasteiger partial charge in [-0.3, -0.25) is 9.52 Å². The highest BCUT2D eigenvalue weighted by atomic mass is 32.2. The van der Waals surface area contributed by atoms with Gasteiger partial charge in [-0.1, -0.05) is 54.6 Å². The Bertz CT molecular complexity index is 1370. The van der Waals surface area contributed by atoms with E-state index in [0.29, 0.717) is 12.3 Å². The van der Waals surface area contributed by atoms with Gasteiger partial charge in [0.15, 0.2) is 0 Å². The SMILES string of the molecule is CS(=O)(=O)Nc1cccc(C2(C(=O)NC(CN3CCCC3)c3cccc(OCc4ccccc4)c3)CC2)c1. The van der Waals surface area contributed by atoms with E-state index >= 15 is 0 Å². The number of ether oxygens (including phenoxy) is 1. The summed E-state index contributed by atoms with van der Waals surface area (Å²) in [5.74, 6) is 0.751. The number of amides is 1. The first kappa shape index (κ1) is 26.3. The van der Waals surface area contributed by atoms with E-state index in [9.17, 15) is 13.2 Å². The molecule has 1 amide bonds. The summed E-state index contributed by atoms with van der Waals surface area (Å²) in [6, 6.07) is 25.1. The van der Waals surface area contributed by atoms with E-state index in [0.717, 1.165) is 61.2 Å². The van der Waals surface area contributed by atoms with Crippen molar-refractivity contribution in [3.05, 3.63) is 95.6 Å². The summed E-state index contributed by atoms with van der Waals surface area (Å²) in [6.45, 7) is 3.27. The van der Waals surface area contributed by atoms with Crippen LogP contribution in [-0.2, 0) is 26.8 Å². The standard InChI is InChI=1S/C30H35N3O4S/c1-38(35,36)32-26-13-8-12-25(20-26)30(15-16-30)29(34)31-28(21-33-17-5-6-18-33)24-11-7-14-27(19-24)37-22-23-9-3-2-4-10-23/h2-4,7-14,19-20,28,32H,5-6,15-18,21-22H2,1H3,(H,31,34). The third kappa shape index (κ3) is 6.55. The zero-order valence-electron chi connectivity index (χ0n) is 21.7. The van der Waals surface area contributed by atoms with Crippen molar-refractivity contribution < 1.29 is 17.9 Å². The molecule has 2 N–H and O–H groups in total. The predicted molar refractivity (Wildman–Crippen MR) is 150 cm³/mol. The number of nitrogens with zero attached hydrogens (tertiary/aromatic N) is 1. The second kappa shape index (κ2) is 11.2. The maximum absolute atomic E-state index is 13.8. The number of hydrogen-bond acceptors (Lipinski definition) is 5. The van der Waals surface area contributed by atoms with Crippen LogP contribution in [0.2, 0.25) is 0 Å². The van der Waals surface area contributed by atoms with E-state index in [1.165, 1.54) is 12.8 Å². The molecular weight excluding hydrogens is 498 g/mol. The van der Waals surface area contributed by atoms with Gasteiger partial charge < -0.3 is 15.0 Å². The summed E-state index contributed by atoms with van der Waals surface area (Å²) in [5, 5.41) is 3.36. The molecule has 1 unspecified atom stereocenters. The summed E-state index contributed by atoms with van der Waals surface area (Å²) in [6.07, 6.45) is 4.94. The van der Waals surface area contributed by atoms with E-state index in [1.807, 2.05) is 60.7 Å². The largest absolute Gasteiger partial charge is 0.489 e. The molecule has 7 nitrogen and oxygen atoms in total. The van der Waals surface area contributed by atoms with Gasteiger partial charge >= 0.3 is 0 Å². The molecule has 3 aromatic rings. The second-order valence-electron chi connectivity index (χ2n) is 10.4. The van der Waals surface area contributed by atoms with Crippen LogP contribution >= 0.6 is 0 Å². The van der Waals surface area contributed by atoms with E-state index < -0.39 is 15.4 Å². The number of sulfonamides is 1. The third-order valence-corrected chi connectivity index (χ3v) is 7.96. The molecule has 3 aromatic carbocycles.